The number of nitrogens with zero attached hydrogens (tertiary/aromatic N) is 1. The molecule has 0 saturated heterocycles. The van der Waals surface area contributed by atoms with Gasteiger partial charge in [0.2, 0.25) is 5.91 Å². The fraction of sp³-hybridized carbons (Fsp3) is 0.917. The summed E-state index contributed by atoms with van der Waals surface area (Å²) in [4.78, 5) is 14.2. The van der Waals surface area contributed by atoms with Gasteiger partial charge in [-0.05, 0) is 31.6 Å². The summed E-state index contributed by atoms with van der Waals surface area (Å²) in [6.45, 7) is 1.47. The highest BCUT2D eigenvalue weighted by molar-refractivity contribution is 5.83. The summed E-state index contributed by atoms with van der Waals surface area (Å²) in [5, 5.41) is 0. The third-order valence-electron chi connectivity index (χ3n) is 3.98. The summed E-state index contributed by atoms with van der Waals surface area (Å²) >= 11 is 0. The van der Waals surface area contributed by atoms with Crippen LogP contribution >= 0.6 is 0 Å². The van der Waals surface area contributed by atoms with Crippen molar-refractivity contribution in [2.24, 2.45) is 17.1 Å². The van der Waals surface area contributed by atoms with Gasteiger partial charge in [0.05, 0.1) is 5.41 Å². The van der Waals surface area contributed by atoms with Crippen LogP contribution in [0.1, 0.15) is 38.5 Å². The number of nitrogens with two attached hydrogens (primary N) is 1. The lowest BCUT2D eigenvalue weighted by Gasteiger charge is -2.31. The predicted octanol–water partition coefficient (Wildman–Crippen LogP) is 1.37. The lowest BCUT2D eigenvalue weighted by molar-refractivity contribution is -0.140. The van der Waals surface area contributed by atoms with E-state index in [4.69, 9.17) is 5.73 Å². The first kappa shape index (κ1) is 10.9. The molecule has 3 heteroatoms. The first-order valence-corrected chi connectivity index (χ1v) is 6.13. The van der Waals surface area contributed by atoms with E-state index in [0.29, 0.717) is 12.5 Å². The van der Waals surface area contributed by atoms with Gasteiger partial charge in [0.15, 0.2) is 0 Å². The predicted molar refractivity (Wildman–Crippen MR) is 60.3 cm³/mol. The van der Waals surface area contributed by atoms with E-state index in [2.05, 4.69) is 0 Å². The fourth-order valence-electron chi connectivity index (χ4n) is 2.73. The highest BCUT2D eigenvalue weighted by Crippen LogP contribution is 2.39. The zero-order valence-electron chi connectivity index (χ0n) is 9.67. The Bertz CT molecular complexity index is 242. The number of carbonyl (C=O) groups is 1. The van der Waals surface area contributed by atoms with Crippen LogP contribution in [0.3, 0.4) is 0 Å². The van der Waals surface area contributed by atoms with Crippen LogP contribution in [0.4, 0.5) is 0 Å². The van der Waals surface area contributed by atoms with Crippen molar-refractivity contribution in [3.63, 3.8) is 0 Å². The van der Waals surface area contributed by atoms with Crippen LogP contribution < -0.4 is 5.73 Å². The minimum atomic E-state index is -0.205. The Morgan fingerprint density at radius 2 is 2.00 bits per heavy atom. The molecule has 0 radical (unpaired) electrons. The maximum absolute atomic E-state index is 12.3. The molecule has 1 amide bonds. The topological polar surface area (TPSA) is 46.3 Å². The quantitative estimate of drug-likeness (QED) is 0.762. The molecule has 0 spiro atoms. The Morgan fingerprint density at radius 1 is 1.40 bits per heavy atom. The minimum absolute atomic E-state index is 0.205. The maximum atomic E-state index is 12.3. The Labute approximate surface area is 92.0 Å². The van der Waals surface area contributed by atoms with Gasteiger partial charge in [-0.15, -0.1) is 0 Å². The highest BCUT2D eigenvalue weighted by Gasteiger charge is 2.42. The third-order valence-corrected chi connectivity index (χ3v) is 3.98. The molecule has 0 aliphatic heterocycles. The molecule has 2 fully saturated rings. The standard InChI is InChI=1S/C12H22N2O/c1-14(8-10-4-5-10)11(15)12(9-13)6-2-3-7-12/h10H,2-9,13H2,1H3. The number of hydrogen-bond donors (Lipinski definition) is 1. The van der Waals surface area contributed by atoms with E-state index in [1.807, 2.05) is 11.9 Å². The summed E-state index contributed by atoms with van der Waals surface area (Å²) in [5.41, 5.74) is 5.60. The van der Waals surface area contributed by atoms with Crippen molar-refractivity contribution in [1.29, 1.82) is 0 Å². The van der Waals surface area contributed by atoms with E-state index < -0.39 is 0 Å². The van der Waals surface area contributed by atoms with Crippen molar-refractivity contribution < 1.29 is 4.79 Å². The second-order valence-electron chi connectivity index (χ2n) is 5.32. The number of rotatable bonds is 4. The van der Waals surface area contributed by atoms with Crippen molar-refractivity contribution in [2.75, 3.05) is 20.1 Å². The zero-order chi connectivity index (χ0) is 10.9. The molecule has 3 nitrogen and oxygen atoms in total. The molecule has 15 heavy (non-hydrogen) atoms. The van der Waals surface area contributed by atoms with Gasteiger partial charge >= 0.3 is 0 Å². The van der Waals surface area contributed by atoms with Crippen LogP contribution in [0.25, 0.3) is 0 Å². The minimum Gasteiger partial charge on any atom is -0.345 e. The Kier molecular flexibility index (Phi) is 3.01. The van der Waals surface area contributed by atoms with Gasteiger partial charge < -0.3 is 10.6 Å². The van der Waals surface area contributed by atoms with Gasteiger partial charge in [-0.2, -0.15) is 0 Å². The number of carbonyl (C=O) groups excluding carboxylic acids is 1. The van der Waals surface area contributed by atoms with E-state index >= 15 is 0 Å². The van der Waals surface area contributed by atoms with Gasteiger partial charge in [0.1, 0.15) is 0 Å². The molecule has 0 aromatic rings. The average Bonchev–Trinajstić information content (AvgIpc) is 2.92. The van der Waals surface area contributed by atoms with Gasteiger partial charge in [0, 0.05) is 20.1 Å². The lowest BCUT2D eigenvalue weighted by atomic mass is 9.84. The Morgan fingerprint density at radius 3 is 2.47 bits per heavy atom. The summed E-state index contributed by atoms with van der Waals surface area (Å²) in [7, 11) is 1.94. The maximum Gasteiger partial charge on any atom is 0.229 e. The third kappa shape index (κ3) is 2.17. The van der Waals surface area contributed by atoms with Crippen LogP contribution in [-0.2, 0) is 4.79 Å². The molecule has 0 bridgehead atoms. The summed E-state index contributed by atoms with van der Waals surface area (Å²) < 4.78 is 0. The van der Waals surface area contributed by atoms with Crippen molar-refractivity contribution >= 4 is 5.91 Å². The van der Waals surface area contributed by atoms with Gasteiger partial charge in [-0.3, -0.25) is 4.79 Å². The van der Waals surface area contributed by atoms with Crippen molar-refractivity contribution in [3.8, 4) is 0 Å². The molecule has 2 rings (SSSR count). The van der Waals surface area contributed by atoms with E-state index in [1.165, 1.54) is 25.7 Å². The highest BCUT2D eigenvalue weighted by atomic mass is 16.2. The van der Waals surface area contributed by atoms with Crippen LogP contribution in [0, 0.1) is 11.3 Å². The summed E-state index contributed by atoms with van der Waals surface area (Å²) in [6.07, 6.45) is 6.93. The monoisotopic (exact) mass is 210 g/mol. The van der Waals surface area contributed by atoms with E-state index in [0.717, 1.165) is 25.3 Å². The first-order chi connectivity index (χ1) is 7.18. The van der Waals surface area contributed by atoms with E-state index in [-0.39, 0.29) is 5.41 Å². The summed E-state index contributed by atoms with van der Waals surface area (Å²) in [5.74, 6) is 1.07. The molecule has 2 N–H and O–H groups in total. The van der Waals surface area contributed by atoms with Crippen LogP contribution in [-0.4, -0.2) is 30.9 Å². The molecule has 0 unspecified atom stereocenters. The molecular weight excluding hydrogens is 188 g/mol. The zero-order valence-corrected chi connectivity index (χ0v) is 9.67. The lowest BCUT2D eigenvalue weighted by Crippen LogP contribution is -2.45. The van der Waals surface area contributed by atoms with E-state index in [1.54, 1.807) is 0 Å². The largest absolute Gasteiger partial charge is 0.345 e. The normalized spacial score (nSPS) is 24.1. The van der Waals surface area contributed by atoms with Crippen LogP contribution in [0.15, 0.2) is 0 Å². The molecule has 0 heterocycles. The van der Waals surface area contributed by atoms with Crippen LogP contribution in [0.2, 0.25) is 0 Å². The molecule has 86 valence electrons. The average molecular weight is 210 g/mol. The van der Waals surface area contributed by atoms with Crippen molar-refractivity contribution in [3.05, 3.63) is 0 Å². The molecular formula is C12H22N2O. The first-order valence-electron chi connectivity index (χ1n) is 6.13. The molecule has 2 aliphatic rings. The van der Waals surface area contributed by atoms with E-state index in [9.17, 15) is 4.79 Å². The second kappa shape index (κ2) is 4.12. The van der Waals surface area contributed by atoms with Crippen molar-refractivity contribution in [2.45, 2.75) is 38.5 Å². The SMILES string of the molecule is CN(CC1CC1)C(=O)C1(CN)CCCC1. The fourth-order valence-corrected chi connectivity index (χ4v) is 2.73. The number of hydrogen-bond acceptors (Lipinski definition) is 2. The molecule has 0 atom stereocenters. The van der Waals surface area contributed by atoms with Gasteiger partial charge in [-0.1, -0.05) is 12.8 Å². The molecule has 2 saturated carbocycles. The second-order valence-corrected chi connectivity index (χ2v) is 5.32. The Balaban J connectivity index is 1.96. The van der Waals surface area contributed by atoms with Crippen molar-refractivity contribution in [1.82, 2.24) is 4.90 Å². The van der Waals surface area contributed by atoms with Gasteiger partial charge in [0.25, 0.3) is 0 Å². The smallest absolute Gasteiger partial charge is 0.229 e. The number of amides is 1. The Hall–Kier alpha value is -0.570. The van der Waals surface area contributed by atoms with Gasteiger partial charge in [-0.25, -0.2) is 0 Å². The summed E-state index contributed by atoms with van der Waals surface area (Å²) in [6, 6.07) is 0. The molecule has 2 aliphatic carbocycles. The molecule has 0 aromatic carbocycles. The molecule has 0 aromatic heterocycles. The van der Waals surface area contributed by atoms with Crippen LogP contribution in [0.5, 0.6) is 0 Å².